The molecule has 0 unspecified atom stereocenters. The van der Waals surface area contributed by atoms with Crippen LogP contribution in [0.25, 0.3) is 0 Å². The Morgan fingerprint density at radius 1 is 1.15 bits per heavy atom. The largest absolute Gasteiger partial charge is 0.496 e. The topological polar surface area (TPSA) is 82.3 Å². The molecule has 0 atom stereocenters. The SMILES string of the molecule is COc1ccccc1CNc1nc(C)nc(OC)c1N. The number of para-hydroxylation sites is 1. The molecular weight excluding hydrogens is 256 g/mol. The van der Waals surface area contributed by atoms with Crippen molar-refractivity contribution in [3.8, 4) is 11.6 Å². The molecule has 0 saturated heterocycles. The fraction of sp³-hybridized carbons (Fsp3) is 0.286. The van der Waals surface area contributed by atoms with Crippen LogP contribution >= 0.6 is 0 Å². The number of hydrogen-bond acceptors (Lipinski definition) is 6. The number of nitrogens with zero attached hydrogens (tertiary/aromatic N) is 2. The van der Waals surface area contributed by atoms with E-state index in [1.165, 1.54) is 7.11 Å². The zero-order valence-electron chi connectivity index (χ0n) is 11.8. The number of nitrogen functional groups attached to an aromatic ring is 1. The van der Waals surface area contributed by atoms with Crippen molar-refractivity contribution in [1.82, 2.24) is 9.97 Å². The van der Waals surface area contributed by atoms with Gasteiger partial charge in [-0.15, -0.1) is 0 Å². The molecule has 2 rings (SSSR count). The first-order valence-corrected chi connectivity index (χ1v) is 6.19. The number of benzene rings is 1. The molecule has 0 aliphatic carbocycles. The van der Waals surface area contributed by atoms with Crippen molar-refractivity contribution in [3.63, 3.8) is 0 Å². The summed E-state index contributed by atoms with van der Waals surface area (Å²) in [5.74, 6) is 2.34. The molecule has 1 heterocycles. The quantitative estimate of drug-likeness (QED) is 0.867. The molecule has 6 nitrogen and oxygen atoms in total. The van der Waals surface area contributed by atoms with Crippen LogP contribution in [-0.4, -0.2) is 24.2 Å². The molecule has 0 spiro atoms. The zero-order valence-corrected chi connectivity index (χ0v) is 11.8. The third kappa shape index (κ3) is 2.90. The molecule has 0 radical (unpaired) electrons. The lowest BCUT2D eigenvalue weighted by atomic mass is 10.2. The summed E-state index contributed by atoms with van der Waals surface area (Å²) in [5, 5.41) is 3.18. The van der Waals surface area contributed by atoms with Crippen molar-refractivity contribution in [2.24, 2.45) is 0 Å². The highest BCUT2D eigenvalue weighted by atomic mass is 16.5. The molecule has 0 amide bonds. The first-order valence-electron chi connectivity index (χ1n) is 6.19. The molecule has 1 aromatic heterocycles. The second-order valence-corrected chi connectivity index (χ2v) is 4.21. The third-order valence-electron chi connectivity index (χ3n) is 2.85. The summed E-state index contributed by atoms with van der Waals surface area (Å²) in [4.78, 5) is 8.40. The molecule has 0 saturated carbocycles. The van der Waals surface area contributed by atoms with Gasteiger partial charge in [-0.25, -0.2) is 4.98 Å². The fourth-order valence-corrected chi connectivity index (χ4v) is 1.87. The van der Waals surface area contributed by atoms with Gasteiger partial charge in [-0.1, -0.05) is 18.2 Å². The minimum absolute atomic E-state index is 0.375. The Morgan fingerprint density at radius 3 is 2.60 bits per heavy atom. The Balaban J connectivity index is 2.21. The van der Waals surface area contributed by atoms with E-state index in [4.69, 9.17) is 15.2 Å². The van der Waals surface area contributed by atoms with Gasteiger partial charge in [-0.05, 0) is 13.0 Å². The third-order valence-corrected chi connectivity index (χ3v) is 2.85. The number of rotatable bonds is 5. The average molecular weight is 274 g/mol. The Kier molecular flexibility index (Phi) is 4.24. The highest BCUT2D eigenvalue weighted by Gasteiger charge is 2.11. The smallest absolute Gasteiger partial charge is 0.242 e. The molecule has 106 valence electrons. The van der Waals surface area contributed by atoms with E-state index in [1.54, 1.807) is 14.0 Å². The second-order valence-electron chi connectivity index (χ2n) is 4.21. The van der Waals surface area contributed by atoms with Crippen molar-refractivity contribution in [3.05, 3.63) is 35.7 Å². The summed E-state index contributed by atoms with van der Waals surface area (Å²) >= 11 is 0. The number of nitrogens with one attached hydrogen (secondary N) is 1. The van der Waals surface area contributed by atoms with Crippen LogP contribution in [0.15, 0.2) is 24.3 Å². The van der Waals surface area contributed by atoms with Crippen LogP contribution in [-0.2, 0) is 6.54 Å². The van der Waals surface area contributed by atoms with Crippen molar-refractivity contribution in [2.75, 3.05) is 25.3 Å². The molecule has 0 bridgehead atoms. The van der Waals surface area contributed by atoms with Gasteiger partial charge in [0.05, 0.1) is 14.2 Å². The number of aromatic nitrogens is 2. The van der Waals surface area contributed by atoms with E-state index in [0.29, 0.717) is 29.8 Å². The first kappa shape index (κ1) is 13.9. The Hall–Kier alpha value is -2.50. The van der Waals surface area contributed by atoms with E-state index >= 15 is 0 Å². The van der Waals surface area contributed by atoms with E-state index in [2.05, 4.69) is 15.3 Å². The lowest BCUT2D eigenvalue weighted by Crippen LogP contribution is -2.09. The van der Waals surface area contributed by atoms with Crippen LogP contribution in [0.1, 0.15) is 11.4 Å². The summed E-state index contributed by atoms with van der Waals surface area (Å²) in [6.45, 7) is 2.34. The molecule has 1 aromatic carbocycles. The molecular formula is C14H18N4O2. The van der Waals surface area contributed by atoms with Crippen LogP contribution in [0.3, 0.4) is 0 Å². The Morgan fingerprint density at radius 2 is 1.90 bits per heavy atom. The first-order chi connectivity index (χ1) is 9.65. The maximum Gasteiger partial charge on any atom is 0.242 e. The number of aryl methyl sites for hydroxylation is 1. The van der Waals surface area contributed by atoms with Gasteiger partial charge in [0.2, 0.25) is 5.88 Å². The highest BCUT2D eigenvalue weighted by Crippen LogP contribution is 2.26. The van der Waals surface area contributed by atoms with Gasteiger partial charge in [0.25, 0.3) is 0 Å². The van der Waals surface area contributed by atoms with Gasteiger partial charge < -0.3 is 20.5 Å². The standard InChI is InChI=1S/C14H18N4O2/c1-9-17-13(12(15)14(18-9)20-3)16-8-10-6-4-5-7-11(10)19-2/h4-7H,8,15H2,1-3H3,(H,16,17,18). The predicted octanol–water partition coefficient (Wildman–Crippen LogP) is 2.00. The summed E-state index contributed by atoms with van der Waals surface area (Å²) in [5.41, 5.74) is 7.37. The lowest BCUT2D eigenvalue weighted by molar-refractivity contribution is 0.398. The molecule has 20 heavy (non-hydrogen) atoms. The number of methoxy groups -OCH3 is 2. The van der Waals surface area contributed by atoms with Crippen molar-refractivity contribution < 1.29 is 9.47 Å². The molecule has 0 fully saturated rings. The van der Waals surface area contributed by atoms with Crippen LogP contribution < -0.4 is 20.5 Å². The van der Waals surface area contributed by atoms with Crippen LogP contribution in [0, 0.1) is 6.92 Å². The van der Waals surface area contributed by atoms with Gasteiger partial charge in [-0.3, -0.25) is 0 Å². The van der Waals surface area contributed by atoms with Gasteiger partial charge in [0.15, 0.2) is 5.82 Å². The van der Waals surface area contributed by atoms with Crippen LogP contribution in [0.2, 0.25) is 0 Å². The Labute approximate surface area is 118 Å². The zero-order chi connectivity index (χ0) is 14.5. The van der Waals surface area contributed by atoms with Gasteiger partial charge in [-0.2, -0.15) is 4.98 Å². The fourth-order valence-electron chi connectivity index (χ4n) is 1.87. The molecule has 0 aliphatic heterocycles. The van der Waals surface area contributed by atoms with Crippen molar-refractivity contribution in [1.29, 1.82) is 0 Å². The normalized spacial score (nSPS) is 10.2. The summed E-state index contributed by atoms with van der Waals surface area (Å²) in [7, 11) is 3.17. The number of ether oxygens (including phenoxy) is 2. The summed E-state index contributed by atoms with van der Waals surface area (Å²) < 4.78 is 10.4. The predicted molar refractivity (Wildman–Crippen MR) is 78.1 cm³/mol. The Bertz CT molecular complexity index is 602. The van der Waals surface area contributed by atoms with E-state index in [-0.39, 0.29) is 0 Å². The number of anilines is 2. The van der Waals surface area contributed by atoms with Gasteiger partial charge in [0.1, 0.15) is 17.3 Å². The number of hydrogen-bond donors (Lipinski definition) is 2. The molecule has 6 heteroatoms. The van der Waals surface area contributed by atoms with E-state index in [1.807, 2.05) is 24.3 Å². The number of nitrogens with two attached hydrogens (primary N) is 1. The van der Waals surface area contributed by atoms with E-state index < -0.39 is 0 Å². The van der Waals surface area contributed by atoms with Crippen LogP contribution in [0.5, 0.6) is 11.6 Å². The molecule has 2 aromatic rings. The summed E-state index contributed by atoms with van der Waals surface area (Å²) in [6, 6.07) is 7.77. The van der Waals surface area contributed by atoms with Gasteiger partial charge in [0, 0.05) is 12.1 Å². The van der Waals surface area contributed by atoms with E-state index in [9.17, 15) is 0 Å². The highest BCUT2D eigenvalue weighted by molar-refractivity contribution is 5.67. The maximum atomic E-state index is 5.95. The van der Waals surface area contributed by atoms with Crippen molar-refractivity contribution >= 4 is 11.5 Å². The molecule has 0 aliphatic rings. The minimum atomic E-state index is 0.375. The average Bonchev–Trinajstić information content (AvgIpc) is 2.48. The minimum Gasteiger partial charge on any atom is -0.496 e. The van der Waals surface area contributed by atoms with Crippen LogP contribution in [0.4, 0.5) is 11.5 Å². The maximum absolute atomic E-state index is 5.95. The summed E-state index contributed by atoms with van der Waals surface area (Å²) in [6.07, 6.45) is 0. The lowest BCUT2D eigenvalue weighted by Gasteiger charge is -2.13. The van der Waals surface area contributed by atoms with Crippen molar-refractivity contribution in [2.45, 2.75) is 13.5 Å². The molecule has 3 N–H and O–H groups in total. The van der Waals surface area contributed by atoms with Gasteiger partial charge >= 0.3 is 0 Å². The second kappa shape index (κ2) is 6.10. The monoisotopic (exact) mass is 274 g/mol. The van der Waals surface area contributed by atoms with E-state index in [0.717, 1.165) is 11.3 Å².